The van der Waals surface area contributed by atoms with Crippen molar-refractivity contribution in [2.75, 3.05) is 37.7 Å². The average Bonchev–Trinajstić information content (AvgIpc) is 3.58. The van der Waals surface area contributed by atoms with Crippen molar-refractivity contribution in [1.82, 2.24) is 19.8 Å². The smallest absolute Gasteiger partial charge is 0.319 e. The van der Waals surface area contributed by atoms with Crippen LogP contribution >= 0.6 is 15.9 Å². The van der Waals surface area contributed by atoms with Gasteiger partial charge in [0.1, 0.15) is 29.9 Å². The molecule has 3 fully saturated rings. The number of rotatable bonds is 6. The van der Waals surface area contributed by atoms with Gasteiger partial charge in [0.05, 0.1) is 10.0 Å². The van der Waals surface area contributed by atoms with Crippen LogP contribution in [0.15, 0.2) is 53.0 Å². The molecule has 0 amide bonds. The fraction of sp³-hybridized carbons (Fsp3) is 0.484. The van der Waals surface area contributed by atoms with Gasteiger partial charge in [-0.2, -0.15) is 9.97 Å². The summed E-state index contributed by atoms with van der Waals surface area (Å²) in [5, 5.41) is 0.302. The van der Waals surface area contributed by atoms with E-state index < -0.39 is 23.3 Å². The molecule has 5 heterocycles. The summed E-state index contributed by atoms with van der Waals surface area (Å²) in [6, 6.07) is 11.9. The van der Waals surface area contributed by atoms with E-state index in [1.165, 1.54) is 11.6 Å². The van der Waals surface area contributed by atoms with Crippen LogP contribution in [0.1, 0.15) is 38.7 Å². The number of ether oxygens (including phenoxy) is 1. The Kier molecular flexibility index (Phi) is 6.59. The lowest BCUT2D eigenvalue weighted by Gasteiger charge is -2.50. The van der Waals surface area contributed by atoms with Gasteiger partial charge in [0.15, 0.2) is 5.82 Å². The number of nitrogens with zero attached hydrogens (tertiary/aromatic N) is 5. The summed E-state index contributed by atoms with van der Waals surface area (Å²) in [5.74, 6) is -1.05. The van der Waals surface area contributed by atoms with Crippen molar-refractivity contribution in [1.29, 1.82) is 0 Å². The summed E-state index contributed by atoms with van der Waals surface area (Å²) in [6.07, 6.45) is 5.78. The Hall–Kier alpha value is -2.69. The van der Waals surface area contributed by atoms with Crippen molar-refractivity contribution in [2.45, 2.75) is 62.4 Å². The first-order valence-electron chi connectivity index (χ1n) is 14.3. The van der Waals surface area contributed by atoms with E-state index in [1.807, 2.05) is 6.07 Å². The molecule has 1 aromatic heterocycles. The first-order chi connectivity index (χ1) is 19.7. The monoisotopic (exact) mass is 627 g/mol. The van der Waals surface area contributed by atoms with E-state index in [9.17, 15) is 8.78 Å². The highest BCUT2D eigenvalue weighted by Crippen LogP contribution is 2.42. The highest BCUT2D eigenvalue weighted by Gasteiger charge is 2.50. The zero-order valence-corrected chi connectivity index (χ0v) is 24.7. The molecule has 0 N–H and O–H groups in total. The zero-order chi connectivity index (χ0) is 28.5. The van der Waals surface area contributed by atoms with E-state index in [-0.39, 0.29) is 40.2 Å². The third kappa shape index (κ3) is 4.44. The highest BCUT2D eigenvalue weighted by molar-refractivity contribution is 9.10. The summed E-state index contributed by atoms with van der Waals surface area (Å²) < 4.78 is 50.5. The summed E-state index contributed by atoms with van der Waals surface area (Å²) in [5.41, 5.74) is 0.616. The molecule has 0 radical (unpaired) electrons. The van der Waals surface area contributed by atoms with Crippen molar-refractivity contribution in [2.24, 2.45) is 0 Å². The minimum atomic E-state index is -0.886. The molecule has 10 heteroatoms. The van der Waals surface area contributed by atoms with Gasteiger partial charge < -0.3 is 9.64 Å². The Balaban J connectivity index is 1.22. The molecule has 4 aliphatic heterocycles. The molecule has 0 spiro atoms. The lowest BCUT2D eigenvalue weighted by atomic mass is 9.89. The van der Waals surface area contributed by atoms with Crippen LogP contribution in [0, 0.1) is 11.6 Å². The van der Waals surface area contributed by atoms with Crippen molar-refractivity contribution in [3.8, 4) is 6.01 Å². The molecule has 7 rings (SSSR count). The van der Waals surface area contributed by atoms with Crippen molar-refractivity contribution < 1.29 is 17.9 Å². The normalized spacial score (nSPS) is 28.1. The third-order valence-corrected chi connectivity index (χ3v) is 10.3. The predicted molar refractivity (Wildman–Crippen MR) is 156 cm³/mol. The molecule has 3 saturated heterocycles. The van der Waals surface area contributed by atoms with Gasteiger partial charge in [-0.15, -0.1) is 0 Å². The van der Waals surface area contributed by atoms with Crippen LogP contribution in [0.2, 0.25) is 0 Å². The van der Waals surface area contributed by atoms with Gasteiger partial charge in [0.2, 0.25) is 0 Å². The quantitative estimate of drug-likeness (QED) is 0.247. The summed E-state index contributed by atoms with van der Waals surface area (Å²) in [4.78, 5) is 15.9. The van der Waals surface area contributed by atoms with Crippen LogP contribution < -0.4 is 9.64 Å². The van der Waals surface area contributed by atoms with Crippen LogP contribution in [0.5, 0.6) is 6.01 Å². The second-order valence-electron chi connectivity index (χ2n) is 12.3. The lowest BCUT2D eigenvalue weighted by molar-refractivity contribution is 0.0590. The molecule has 4 atom stereocenters. The molecular weight excluding hydrogens is 595 g/mol. The number of aromatic nitrogens is 2. The largest absolute Gasteiger partial charge is 0.461 e. The maximum Gasteiger partial charge on any atom is 0.319 e. The number of benzene rings is 2. The molecule has 2 bridgehead atoms. The molecule has 216 valence electrons. The second-order valence-corrected chi connectivity index (χ2v) is 13.1. The van der Waals surface area contributed by atoms with E-state index in [1.54, 1.807) is 0 Å². The molecule has 0 aliphatic carbocycles. The molecule has 2 aromatic carbocycles. The van der Waals surface area contributed by atoms with Crippen LogP contribution in [0.4, 0.5) is 19.0 Å². The average molecular weight is 629 g/mol. The number of anilines is 1. The van der Waals surface area contributed by atoms with Gasteiger partial charge in [-0.25, -0.2) is 13.2 Å². The van der Waals surface area contributed by atoms with E-state index in [0.717, 1.165) is 19.4 Å². The minimum absolute atomic E-state index is 0.00111. The van der Waals surface area contributed by atoms with Gasteiger partial charge in [0, 0.05) is 49.1 Å². The summed E-state index contributed by atoms with van der Waals surface area (Å²) in [7, 11) is 0. The molecule has 3 aromatic rings. The van der Waals surface area contributed by atoms with Gasteiger partial charge >= 0.3 is 6.01 Å². The Morgan fingerprint density at radius 3 is 2.54 bits per heavy atom. The number of hydrogen-bond donors (Lipinski definition) is 0. The van der Waals surface area contributed by atoms with Gasteiger partial charge in [0.25, 0.3) is 0 Å². The van der Waals surface area contributed by atoms with E-state index in [4.69, 9.17) is 9.72 Å². The zero-order valence-electron chi connectivity index (χ0n) is 23.2. The summed E-state index contributed by atoms with van der Waals surface area (Å²) in [6.45, 7) is 7.13. The van der Waals surface area contributed by atoms with Crippen LogP contribution in [0.25, 0.3) is 10.9 Å². The number of fused-ring (bicyclic) bond motifs is 4. The first-order valence-corrected chi connectivity index (χ1v) is 15.1. The maximum atomic E-state index is 15.4. The van der Waals surface area contributed by atoms with Gasteiger partial charge in [-0.1, -0.05) is 42.5 Å². The Bertz CT molecular complexity index is 1500. The molecule has 4 aliphatic rings. The van der Waals surface area contributed by atoms with E-state index in [2.05, 4.69) is 85.9 Å². The standard InChI is InChI=1S/C31H33BrF3N5O/c1-30(2,19-7-4-3-5-8-19)40-21-9-10-22(40)17-38(16-21)28-23-13-24(34)25(32)26(35)27(23)36-29(37-28)41-18-31-11-6-12-39(31)15-20(33)14-31/h3-5,7-10,13,20-22H,6,11-12,14-18H2,1-2H3/t20-,21?,22?,31+/m1/s1. The highest BCUT2D eigenvalue weighted by atomic mass is 79.9. The van der Waals surface area contributed by atoms with Crippen molar-refractivity contribution in [3.63, 3.8) is 0 Å². The lowest BCUT2D eigenvalue weighted by Crippen LogP contribution is -2.60. The van der Waals surface area contributed by atoms with Gasteiger partial charge in [-0.05, 0) is 60.8 Å². The molecular formula is C31H33BrF3N5O. The number of halogens is 4. The molecule has 2 unspecified atom stereocenters. The minimum Gasteiger partial charge on any atom is -0.461 e. The Morgan fingerprint density at radius 2 is 1.80 bits per heavy atom. The predicted octanol–water partition coefficient (Wildman–Crippen LogP) is 5.99. The van der Waals surface area contributed by atoms with Crippen LogP contribution in [-0.4, -0.2) is 76.3 Å². The fourth-order valence-corrected chi connectivity index (χ4v) is 7.90. The summed E-state index contributed by atoms with van der Waals surface area (Å²) >= 11 is 3.03. The fourth-order valence-electron chi connectivity index (χ4n) is 7.60. The van der Waals surface area contributed by atoms with Crippen LogP contribution in [0.3, 0.4) is 0 Å². The SMILES string of the molecule is CC(C)(c1ccccc1)N1C2C=CC1CN(c1nc(OC[C@@]34CCCN3C[C@H](F)C4)nc3c(F)c(Br)c(F)cc13)C2. The Morgan fingerprint density at radius 1 is 1.07 bits per heavy atom. The maximum absolute atomic E-state index is 15.4. The second kappa shape index (κ2) is 9.95. The first kappa shape index (κ1) is 27.2. The number of piperazine rings is 1. The molecule has 0 saturated carbocycles. The van der Waals surface area contributed by atoms with Gasteiger partial charge in [-0.3, -0.25) is 9.80 Å². The number of hydrogen-bond acceptors (Lipinski definition) is 6. The molecule has 41 heavy (non-hydrogen) atoms. The van der Waals surface area contributed by atoms with E-state index in [0.29, 0.717) is 37.3 Å². The topological polar surface area (TPSA) is 44.7 Å². The molecule has 6 nitrogen and oxygen atoms in total. The van der Waals surface area contributed by atoms with Crippen molar-refractivity contribution in [3.05, 3.63) is 70.2 Å². The van der Waals surface area contributed by atoms with Crippen molar-refractivity contribution >= 4 is 32.7 Å². The van der Waals surface area contributed by atoms with E-state index >= 15 is 4.39 Å². The third-order valence-electron chi connectivity index (χ3n) is 9.53. The number of alkyl halides is 1. The van der Waals surface area contributed by atoms with Crippen LogP contribution in [-0.2, 0) is 5.54 Å². The Labute approximate surface area is 246 Å².